The second-order valence-corrected chi connectivity index (χ2v) is 4.76. The minimum atomic E-state index is 0.553. The Morgan fingerprint density at radius 2 is 2.06 bits per heavy atom. The van der Waals surface area contributed by atoms with Gasteiger partial charge in [0.2, 0.25) is 0 Å². The Hall–Kier alpha value is -2.12. The molecule has 90 valence electrons. The summed E-state index contributed by atoms with van der Waals surface area (Å²) in [5, 5.41) is 13.6. The van der Waals surface area contributed by atoms with Gasteiger partial charge in [0.1, 0.15) is 6.07 Å². The van der Waals surface area contributed by atoms with Crippen molar-refractivity contribution in [2.75, 3.05) is 7.05 Å². The first-order chi connectivity index (χ1) is 8.70. The average Bonchev–Trinajstić information content (AvgIpc) is 2.87. The molecule has 4 nitrogen and oxygen atoms in total. The molecule has 0 bridgehead atoms. The Bertz CT molecular complexity index is 648. The van der Waals surface area contributed by atoms with Crippen molar-refractivity contribution < 1.29 is 0 Å². The van der Waals surface area contributed by atoms with Gasteiger partial charge < -0.3 is 0 Å². The number of hydrogen-bond donors (Lipinski definition) is 0. The molecule has 1 aromatic carbocycles. The zero-order chi connectivity index (χ0) is 12.7. The van der Waals surface area contributed by atoms with Crippen molar-refractivity contribution >= 4 is 0 Å². The van der Waals surface area contributed by atoms with Crippen LogP contribution in [0.5, 0.6) is 0 Å². The molecule has 0 N–H and O–H groups in total. The van der Waals surface area contributed by atoms with Crippen LogP contribution < -0.4 is 0 Å². The molecular formula is C14H14N4. The van der Waals surface area contributed by atoms with Crippen molar-refractivity contribution in [3.8, 4) is 11.8 Å². The van der Waals surface area contributed by atoms with E-state index in [4.69, 9.17) is 0 Å². The summed E-state index contributed by atoms with van der Waals surface area (Å²) in [5.41, 5.74) is 5.00. The maximum absolute atomic E-state index is 9.17. The van der Waals surface area contributed by atoms with Crippen molar-refractivity contribution in [3.63, 3.8) is 0 Å². The van der Waals surface area contributed by atoms with Gasteiger partial charge in [0, 0.05) is 18.7 Å². The summed E-state index contributed by atoms with van der Waals surface area (Å²) in [7, 11) is 2.06. The van der Waals surface area contributed by atoms with Crippen LogP contribution in [-0.4, -0.2) is 21.7 Å². The standard InChI is InChI=1S/C14H14N4/c1-10-5-3-4-6-13(10)18-14-9-17(2)8-11(14)12(7-15)16-18/h3-6H,8-9H2,1-2H3. The van der Waals surface area contributed by atoms with E-state index in [-0.39, 0.29) is 0 Å². The van der Waals surface area contributed by atoms with Gasteiger partial charge in [-0.15, -0.1) is 0 Å². The largest absolute Gasteiger partial charge is 0.296 e. The van der Waals surface area contributed by atoms with E-state index >= 15 is 0 Å². The van der Waals surface area contributed by atoms with Gasteiger partial charge in [-0.1, -0.05) is 18.2 Å². The van der Waals surface area contributed by atoms with Crippen molar-refractivity contribution in [1.82, 2.24) is 14.7 Å². The molecule has 0 fully saturated rings. The Morgan fingerprint density at radius 1 is 1.28 bits per heavy atom. The molecule has 0 spiro atoms. The maximum atomic E-state index is 9.17. The van der Waals surface area contributed by atoms with Crippen LogP contribution in [-0.2, 0) is 13.1 Å². The summed E-state index contributed by atoms with van der Waals surface area (Å²) in [5.74, 6) is 0. The molecule has 0 unspecified atom stereocenters. The Kier molecular flexibility index (Phi) is 2.42. The Balaban J connectivity index is 2.21. The summed E-state index contributed by atoms with van der Waals surface area (Å²) in [6, 6.07) is 10.3. The summed E-state index contributed by atoms with van der Waals surface area (Å²) in [4.78, 5) is 2.20. The molecule has 0 saturated carbocycles. The van der Waals surface area contributed by atoms with E-state index in [0.29, 0.717) is 5.69 Å². The number of nitrogens with zero attached hydrogens (tertiary/aromatic N) is 4. The molecule has 1 aliphatic heterocycles. The van der Waals surface area contributed by atoms with Gasteiger partial charge in [-0.25, -0.2) is 4.68 Å². The molecule has 18 heavy (non-hydrogen) atoms. The molecule has 1 aromatic heterocycles. The summed E-state index contributed by atoms with van der Waals surface area (Å²) >= 11 is 0. The number of aromatic nitrogens is 2. The lowest BCUT2D eigenvalue weighted by Gasteiger charge is -2.10. The first kappa shape index (κ1) is 11.0. The van der Waals surface area contributed by atoms with Crippen LogP contribution >= 0.6 is 0 Å². The predicted octanol–water partition coefficient (Wildman–Crippen LogP) is 2.00. The van der Waals surface area contributed by atoms with E-state index in [9.17, 15) is 5.26 Å². The number of rotatable bonds is 1. The first-order valence-corrected chi connectivity index (χ1v) is 5.96. The van der Waals surface area contributed by atoms with Crippen LogP contribution in [0.1, 0.15) is 22.5 Å². The van der Waals surface area contributed by atoms with Crippen LogP contribution in [0.3, 0.4) is 0 Å². The lowest BCUT2D eigenvalue weighted by molar-refractivity contribution is 0.345. The molecule has 3 rings (SSSR count). The normalized spacial score (nSPS) is 14.5. The van der Waals surface area contributed by atoms with E-state index in [1.165, 1.54) is 5.56 Å². The van der Waals surface area contributed by atoms with Crippen molar-refractivity contribution in [3.05, 3.63) is 46.8 Å². The number of fused-ring (bicyclic) bond motifs is 1. The Morgan fingerprint density at radius 3 is 2.78 bits per heavy atom. The van der Waals surface area contributed by atoms with Crippen molar-refractivity contribution in [2.45, 2.75) is 20.0 Å². The third-order valence-corrected chi connectivity index (χ3v) is 3.39. The zero-order valence-electron chi connectivity index (χ0n) is 10.5. The van der Waals surface area contributed by atoms with Gasteiger partial charge in [-0.05, 0) is 25.6 Å². The molecule has 0 radical (unpaired) electrons. The summed E-state index contributed by atoms with van der Waals surface area (Å²) in [6.07, 6.45) is 0. The van der Waals surface area contributed by atoms with E-state index in [1.807, 2.05) is 22.9 Å². The predicted molar refractivity (Wildman–Crippen MR) is 68.2 cm³/mol. The minimum absolute atomic E-state index is 0.553. The lowest BCUT2D eigenvalue weighted by Crippen LogP contribution is -2.12. The highest BCUT2D eigenvalue weighted by Gasteiger charge is 2.26. The van der Waals surface area contributed by atoms with Gasteiger partial charge in [0.25, 0.3) is 0 Å². The first-order valence-electron chi connectivity index (χ1n) is 5.96. The molecule has 0 saturated heterocycles. The summed E-state index contributed by atoms with van der Waals surface area (Å²) in [6.45, 7) is 3.72. The number of nitriles is 1. The summed E-state index contributed by atoms with van der Waals surface area (Å²) < 4.78 is 1.92. The van der Waals surface area contributed by atoms with Crippen LogP contribution in [0.2, 0.25) is 0 Å². The fourth-order valence-corrected chi connectivity index (χ4v) is 2.49. The van der Waals surface area contributed by atoms with Crippen molar-refractivity contribution in [1.29, 1.82) is 5.26 Å². The molecule has 0 atom stereocenters. The van der Waals surface area contributed by atoms with Gasteiger partial charge in [-0.2, -0.15) is 10.4 Å². The molecule has 2 aromatic rings. The smallest absolute Gasteiger partial charge is 0.167 e. The Labute approximate surface area is 106 Å². The quantitative estimate of drug-likeness (QED) is 0.763. The topological polar surface area (TPSA) is 44.9 Å². The lowest BCUT2D eigenvalue weighted by atomic mass is 10.2. The van der Waals surface area contributed by atoms with Gasteiger partial charge >= 0.3 is 0 Å². The number of aryl methyl sites for hydroxylation is 1. The third-order valence-electron chi connectivity index (χ3n) is 3.39. The van der Waals surface area contributed by atoms with E-state index in [0.717, 1.165) is 30.0 Å². The second kappa shape index (κ2) is 3.97. The molecule has 2 heterocycles. The van der Waals surface area contributed by atoms with E-state index in [2.05, 4.69) is 36.1 Å². The molecular weight excluding hydrogens is 224 g/mol. The monoisotopic (exact) mass is 238 g/mol. The zero-order valence-corrected chi connectivity index (χ0v) is 10.5. The van der Waals surface area contributed by atoms with E-state index < -0.39 is 0 Å². The molecule has 1 aliphatic rings. The third kappa shape index (κ3) is 1.52. The van der Waals surface area contributed by atoms with Crippen LogP contribution in [0.4, 0.5) is 0 Å². The van der Waals surface area contributed by atoms with Gasteiger partial charge in [-0.3, -0.25) is 4.90 Å². The minimum Gasteiger partial charge on any atom is -0.296 e. The van der Waals surface area contributed by atoms with Gasteiger partial charge in [0.15, 0.2) is 5.69 Å². The number of benzene rings is 1. The second-order valence-electron chi connectivity index (χ2n) is 4.76. The highest BCUT2D eigenvalue weighted by Crippen LogP contribution is 2.27. The van der Waals surface area contributed by atoms with E-state index in [1.54, 1.807) is 0 Å². The van der Waals surface area contributed by atoms with Crippen LogP contribution in [0.25, 0.3) is 5.69 Å². The van der Waals surface area contributed by atoms with Crippen LogP contribution in [0, 0.1) is 18.3 Å². The SMILES string of the molecule is Cc1ccccc1-n1nc(C#N)c2c1CN(C)C2. The molecule has 0 aliphatic carbocycles. The van der Waals surface area contributed by atoms with Crippen molar-refractivity contribution in [2.24, 2.45) is 0 Å². The average molecular weight is 238 g/mol. The molecule has 0 amide bonds. The number of para-hydroxylation sites is 1. The highest BCUT2D eigenvalue weighted by molar-refractivity contribution is 5.46. The van der Waals surface area contributed by atoms with Gasteiger partial charge in [0.05, 0.1) is 11.4 Å². The van der Waals surface area contributed by atoms with Crippen LogP contribution in [0.15, 0.2) is 24.3 Å². The fraction of sp³-hybridized carbons (Fsp3) is 0.286. The maximum Gasteiger partial charge on any atom is 0.167 e. The highest BCUT2D eigenvalue weighted by atomic mass is 15.3. The molecule has 4 heteroatoms. The number of hydrogen-bond acceptors (Lipinski definition) is 3. The fourth-order valence-electron chi connectivity index (χ4n) is 2.49.